The fourth-order valence-electron chi connectivity index (χ4n) is 0.470. The van der Waals surface area contributed by atoms with Gasteiger partial charge in [0.25, 0.3) is 0 Å². The molecule has 0 aliphatic heterocycles. The van der Waals surface area contributed by atoms with E-state index in [0.717, 1.165) is 0 Å². The highest BCUT2D eigenvalue weighted by molar-refractivity contribution is 5.72. The maximum Gasteiger partial charge on any atom is 0.343 e. The van der Waals surface area contributed by atoms with Crippen LogP contribution >= 0.6 is 0 Å². The lowest BCUT2D eigenvalue weighted by molar-refractivity contribution is -0.0980. The van der Waals surface area contributed by atoms with Crippen LogP contribution in [0.2, 0.25) is 0 Å². The number of rotatable bonds is 0. The van der Waals surface area contributed by atoms with E-state index in [1.165, 1.54) is 0 Å². The van der Waals surface area contributed by atoms with E-state index in [2.05, 4.69) is 23.2 Å². The van der Waals surface area contributed by atoms with Crippen molar-refractivity contribution in [1.29, 1.82) is 0 Å². The molecular formula is C9H18N6O4. The Morgan fingerprint density at radius 1 is 1.00 bits per heavy atom. The van der Waals surface area contributed by atoms with Gasteiger partial charge in [0, 0.05) is 0 Å². The predicted molar refractivity (Wildman–Crippen MR) is 69.0 cm³/mol. The van der Waals surface area contributed by atoms with Gasteiger partial charge in [0.05, 0.1) is 0 Å². The lowest BCUT2D eigenvalue weighted by Crippen LogP contribution is -2.43. The molecule has 10 heteroatoms. The lowest BCUT2D eigenvalue weighted by Gasteiger charge is -1.90. The first-order valence-electron chi connectivity index (χ1n) is 4.49. The molecule has 1 aromatic carbocycles. The summed E-state index contributed by atoms with van der Waals surface area (Å²) in [6.45, 7) is 2.00. The summed E-state index contributed by atoms with van der Waals surface area (Å²) in [7, 11) is 0. The van der Waals surface area contributed by atoms with Crippen molar-refractivity contribution in [3.63, 3.8) is 0 Å². The van der Waals surface area contributed by atoms with Crippen LogP contribution in [0.15, 0.2) is 30.3 Å². The molecule has 1 aromatic rings. The molecule has 4 amide bonds. The molecule has 0 radical (unpaired) electrons. The summed E-state index contributed by atoms with van der Waals surface area (Å²) in [5.74, 6) is 9.40. The number of phenols is 1. The Bertz CT molecular complexity index is 325. The van der Waals surface area contributed by atoms with E-state index in [1.54, 1.807) is 35.1 Å². The van der Waals surface area contributed by atoms with Crippen molar-refractivity contribution in [2.75, 3.05) is 0 Å². The number of benzene rings is 1. The first kappa shape index (κ1) is 21.4. The second-order valence-corrected chi connectivity index (χ2v) is 2.36. The van der Waals surface area contributed by atoms with Gasteiger partial charge >= 0.3 is 12.1 Å². The molecule has 1 rings (SSSR count). The van der Waals surface area contributed by atoms with Crippen molar-refractivity contribution in [3.05, 3.63) is 30.3 Å². The van der Waals surface area contributed by atoms with Gasteiger partial charge in [-0.1, -0.05) is 18.2 Å². The van der Waals surface area contributed by atoms with Gasteiger partial charge in [-0.25, -0.2) is 21.3 Å². The van der Waals surface area contributed by atoms with Gasteiger partial charge in [-0.05, 0) is 12.1 Å². The maximum absolute atomic E-state index is 9.71. The average molecular weight is 274 g/mol. The molecule has 0 fully saturated rings. The molecule has 0 unspecified atom stereocenters. The van der Waals surface area contributed by atoms with E-state index in [0.29, 0.717) is 5.75 Å². The Balaban J connectivity index is -0.000000196. The first-order chi connectivity index (χ1) is 8.93. The predicted octanol–water partition coefficient (Wildman–Crippen LogP) is -1.74. The Labute approximate surface area is 109 Å². The number of aromatic hydroxyl groups is 1. The molecule has 11 N–H and O–H groups in total. The number of para-hydroxylation sites is 1. The Morgan fingerprint density at radius 3 is 1.42 bits per heavy atom. The number of hydrogen-bond acceptors (Lipinski definition) is 6. The van der Waals surface area contributed by atoms with Crippen molar-refractivity contribution < 1.29 is 19.5 Å². The zero-order valence-corrected chi connectivity index (χ0v) is 10.1. The van der Waals surface area contributed by atoms with Gasteiger partial charge in [0.1, 0.15) is 12.5 Å². The summed E-state index contributed by atoms with van der Waals surface area (Å²) in [5, 5.41) is 8.63. The van der Waals surface area contributed by atoms with Gasteiger partial charge in [0.15, 0.2) is 0 Å². The van der Waals surface area contributed by atoms with E-state index in [4.69, 9.17) is 14.7 Å². The normalized spacial score (nSPS) is 6.84. The van der Waals surface area contributed by atoms with E-state index in [9.17, 15) is 4.79 Å². The third kappa shape index (κ3) is 31.3. The molecule has 108 valence electrons. The number of hydrogen-bond donors (Lipinski definition) is 7. The summed E-state index contributed by atoms with van der Waals surface area (Å²) >= 11 is 0. The molecule has 0 aliphatic rings. The quantitative estimate of drug-likeness (QED) is 0.166. The molecule has 0 saturated carbocycles. The molecule has 0 heterocycles. The Kier molecular flexibility index (Phi) is 19.8. The van der Waals surface area contributed by atoms with Crippen molar-refractivity contribution >= 4 is 18.9 Å². The molecule has 0 aromatic heterocycles. The van der Waals surface area contributed by atoms with Crippen LogP contribution in [0.5, 0.6) is 5.75 Å². The number of carbonyl (C=O) groups excluding carboxylic acids is 3. The Hall–Kier alpha value is -2.85. The highest BCUT2D eigenvalue weighted by Gasteiger charge is 1.83. The van der Waals surface area contributed by atoms with Crippen LogP contribution in [0.3, 0.4) is 0 Å². The monoisotopic (exact) mass is 274 g/mol. The largest absolute Gasteiger partial charge is 0.508 e. The second-order valence-electron chi connectivity index (χ2n) is 2.36. The third-order valence-corrected chi connectivity index (χ3v) is 1.02. The molecule has 0 bridgehead atoms. The minimum atomic E-state index is -0.833. The number of urea groups is 2. The summed E-state index contributed by atoms with van der Waals surface area (Å²) in [4.78, 5) is 26.7. The van der Waals surface area contributed by atoms with Crippen LogP contribution in [0, 0.1) is 0 Å². The number of primary amides is 2. The van der Waals surface area contributed by atoms with Gasteiger partial charge in [0.2, 0.25) is 0 Å². The number of nitrogens with one attached hydrogen (secondary N) is 2. The number of hydrazine groups is 2. The van der Waals surface area contributed by atoms with Crippen molar-refractivity contribution in [1.82, 2.24) is 10.9 Å². The summed E-state index contributed by atoms with van der Waals surface area (Å²) < 4.78 is 0. The average Bonchev–Trinajstić information content (AvgIpc) is 2.41. The maximum atomic E-state index is 9.71. The third-order valence-electron chi connectivity index (χ3n) is 1.02. The Morgan fingerprint density at radius 2 is 1.32 bits per heavy atom. The van der Waals surface area contributed by atoms with Crippen LogP contribution in [0.1, 0.15) is 0 Å². The van der Waals surface area contributed by atoms with E-state index < -0.39 is 12.1 Å². The van der Waals surface area contributed by atoms with Gasteiger partial charge in [-0.15, -0.1) is 0 Å². The van der Waals surface area contributed by atoms with Gasteiger partial charge in [-0.3, -0.25) is 10.9 Å². The molecule has 0 atom stereocenters. The van der Waals surface area contributed by atoms with Crippen LogP contribution in [-0.2, 0) is 4.79 Å². The van der Waals surface area contributed by atoms with Crippen molar-refractivity contribution in [2.24, 2.45) is 23.2 Å². The van der Waals surface area contributed by atoms with Crippen LogP contribution in [0.25, 0.3) is 0 Å². The SMILES string of the molecule is C=O.NC(N)=O.NNC(=O)NN.Oc1ccccc1. The zero-order chi connectivity index (χ0) is 15.7. The molecule has 0 aliphatic carbocycles. The minimum absolute atomic E-state index is 0.322. The topological polar surface area (TPSA) is 200 Å². The molecule has 19 heavy (non-hydrogen) atoms. The molecular weight excluding hydrogens is 256 g/mol. The van der Waals surface area contributed by atoms with Crippen LogP contribution < -0.4 is 34.0 Å². The summed E-state index contributed by atoms with van der Waals surface area (Å²) in [6.07, 6.45) is 0. The molecule has 0 spiro atoms. The second kappa shape index (κ2) is 17.5. The summed E-state index contributed by atoms with van der Waals surface area (Å²) in [5.41, 5.74) is 12.0. The van der Waals surface area contributed by atoms with Gasteiger partial charge in [-0.2, -0.15) is 0 Å². The van der Waals surface area contributed by atoms with Crippen molar-refractivity contribution in [2.45, 2.75) is 0 Å². The highest BCUT2D eigenvalue weighted by Crippen LogP contribution is 2.02. The van der Waals surface area contributed by atoms with E-state index in [1.807, 2.05) is 12.9 Å². The zero-order valence-electron chi connectivity index (χ0n) is 10.1. The van der Waals surface area contributed by atoms with Crippen LogP contribution in [-0.4, -0.2) is 24.0 Å². The number of phenolic OH excluding ortho intramolecular Hbond substituents is 1. The van der Waals surface area contributed by atoms with Crippen LogP contribution in [0.4, 0.5) is 9.59 Å². The fourth-order valence-corrected chi connectivity index (χ4v) is 0.470. The smallest absolute Gasteiger partial charge is 0.343 e. The number of nitrogens with two attached hydrogens (primary N) is 4. The number of carbonyl (C=O) groups is 3. The lowest BCUT2D eigenvalue weighted by atomic mass is 10.3. The number of amides is 4. The fraction of sp³-hybridized carbons (Fsp3) is 0. The standard InChI is InChI=1S/C6H6O.CH6N4O.CH4N2O.CH2O/c7-6-4-2-1-3-5-6;2-4-1(6)5-3;2-1(3)4;1-2/h1-5,7H;2-3H2,(H2,4,5,6);(H4,2,3,4);1H2. The van der Waals surface area contributed by atoms with E-state index in [-0.39, 0.29) is 0 Å². The van der Waals surface area contributed by atoms with Crippen molar-refractivity contribution in [3.8, 4) is 5.75 Å². The van der Waals surface area contributed by atoms with E-state index >= 15 is 0 Å². The van der Waals surface area contributed by atoms with Gasteiger partial charge < -0.3 is 21.4 Å². The molecule has 10 nitrogen and oxygen atoms in total. The molecule has 0 saturated heterocycles. The highest BCUT2D eigenvalue weighted by atomic mass is 16.3. The summed E-state index contributed by atoms with van der Waals surface area (Å²) in [6, 6.07) is 7.28. The minimum Gasteiger partial charge on any atom is -0.508 e. The first-order valence-corrected chi connectivity index (χ1v) is 4.49.